The molecule has 2 heterocycles. The monoisotopic (exact) mass is 493 g/mol. The zero-order valence-electron chi connectivity index (χ0n) is 18.1. The number of carbonyl (C=O) groups excluding carboxylic acids is 3. The molecule has 2 aromatic carbocycles. The van der Waals surface area contributed by atoms with Crippen LogP contribution in [0.4, 0.5) is 4.79 Å². The zero-order chi connectivity index (χ0) is 24.2. The Balaban J connectivity index is 1.37. The molecule has 7 nitrogen and oxygen atoms in total. The van der Waals surface area contributed by atoms with E-state index in [2.05, 4.69) is 10.3 Å². The van der Waals surface area contributed by atoms with Crippen LogP contribution in [0.25, 0.3) is 17.3 Å². The van der Waals surface area contributed by atoms with Gasteiger partial charge in [0.15, 0.2) is 0 Å². The van der Waals surface area contributed by atoms with Gasteiger partial charge in [-0.15, -0.1) is 0 Å². The lowest BCUT2D eigenvalue weighted by Crippen LogP contribution is -2.38. The highest BCUT2D eigenvalue weighted by atomic mass is 35.5. The van der Waals surface area contributed by atoms with Gasteiger partial charge in [-0.3, -0.25) is 24.1 Å². The van der Waals surface area contributed by atoms with Gasteiger partial charge in [-0.2, -0.15) is 0 Å². The summed E-state index contributed by atoms with van der Waals surface area (Å²) in [6, 6.07) is 17.7. The molecular formula is C25H20ClN3O4S. The van der Waals surface area contributed by atoms with Crippen LogP contribution < -0.4 is 10.9 Å². The molecule has 0 unspecified atom stereocenters. The molecule has 3 amide bonds. The molecule has 1 saturated heterocycles. The van der Waals surface area contributed by atoms with Crippen molar-refractivity contribution in [2.75, 3.05) is 13.1 Å². The Bertz CT molecular complexity index is 1370. The standard InChI is InChI=1S/C25H20ClN3O4S/c1-15-3-2-4-17(13-15)20-10-9-19(23(31)28-20)22(30)27-11-12-29-24(32)21(34-25(29)33)14-16-5-7-18(26)8-6-16/h2-10,13-14H,11-12H2,1H3,(H,27,30)(H,28,31)/b21-14+. The first-order valence-corrected chi connectivity index (χ1v) is 11.6. The number of rotatable bonds is 6. The summed E-state index contributed by atoms with van der Waals surface area (Å²) >= 11 is 6.71. The van der Waals surface area contributed by atoms with E-state index < -0.39 is 22.6 Å². The van der Waals surface area contributed by atoms with E-state index in [9.17, 15) is 19.2 Å². The Morgan fingerprint density at radius 1 is 1.09 bits per heavy atom. The average Bonchev–Trinajstić information content (AvgIpc) is 3.07. The van der Waals surface area contributed by atoms with Gasteiger partial charge in [-0.05, 0) is 66.2 Å². The first-order valence-electron chi connectivity index (χ1n) is 10.4. The van der Waals surface area contributed by atoms with Crippen LogP contribution in [0.15, 0.2) is 70.4 Å². The van der Waals surface area contributed by atoms with Crippen LogP contribution in [0.2, 0.25) is 5.02 Å². The maximum absolute atomic E-state index is 12.6. The topological polar surface area (TPSA) is 99.3 Å². The molecule has 4 rings (SSSR count). The molecule has 1 aromatic heterocycles. The van der Waals surface area contributed by atoms with Crippen LogP contribution in [0.1, 0.15) is 21.5 Å². The Morgan fingerprint density at radius 2 is 1.85 bits per heavy atom. The number of aryl methyl sites for hydroxylation is 1. The number of aromatic amines is 1. The van der Waals surface area contributed by atoms with Gasteiger partial charge >= 0.3 is 0 Å². The molecule has 1 fully saturated rings. The molecule has 9 heteroatoms. The number of hydrogen-bond donors (Lipinski definition) is 2. The van der Waals surface area contributed by atoms with E-state index in [4.69, 9.17) is 11.6 Å². The fourth-order valence-electron chi connectivity index (χ4n) is 3.41. The summed E-state index contributed by atoms with van der Waals surface area (Å²) < 4.78 is 0. The second-order valence-electron chi connectivity index (χ2n) is 7.63. The Hall–Kier alpha value is -3.62. The van der Waals surface area contributed by atoms with Crippen molar-refractivity contribution in [3.63, 3.8) is 0 Å². The van der Waals surface area contributed by atoms with E-state index in [1.807, 2.05) is 31.2 Å². The maximum atomic E-state index is 12.6. The summed E-state index contributed by atoms with van der Waals surface area (Å²) in [5.41, 5.74) is 2.68. The Morgan fingerprint density at radius 3 is 2.56 bits per heavy atom. The Labute approximate surface area is 204 Å². The van der Waals surface area contributed by atoms with Gasteiger partial charge in [0.05, 0.1) is 4.91 Å². The number of halogens is 1. The quantitative estimate of drug-likeness (QED) is 0.493. The number of aromatic nitrogens is 1. The number of thioether (sulfide) groups is 1. The predicted molar refractivity (Wildman–Crippen MR) is 134 cm³/mol. The van der Waals surface area contributed by atoms with E-state index in [0.717, 1.165) is 33.4 Å². The summed E-state index contributed by atoms with van der Waals surface area (Å²) in [6.07, 6.45) is 1.62. The van der Waals surface area contributed by atoms with Crippen LogP contribution in [0, 0.1) is 6.92 Å². The number of imide groups is 1. The van der Waals surface area contributed by atoms with Crippen molar-refractivity contribution in [1.29, 1.82) is 0 Å². The molecule has 0 saturated carbocycles. The van der Waals surface area contributed by atoms with Crippen molar-refractivity contribution >= 4 is 46.5 Å². The van der Waals surface area contributed by atoms with Gasteiger partial charge in [0.2, 0.25) is 0 Å². The fourth-order valence-corrected chi connectivity index (χ4v) is 4.40. The molecule has 0 spiro atoms. The number of benzene rings is 2. The minimum absolute atomic E-state index is 0.00630. The highest BCUT2D eigenvalue weighted by Crippen LogP contribution is 2.32. The van der Waals surface area contributed by atoms with E-state index >= 15 is 0 Å². The summed E-state index contributed by atoms with van der Waals surface area (Å²) in [5, 5.41) is 2.76. The predicted octanol–water partition coefficient (Wildman–Crippen LogP) is 4.47. The number of amides is 3. The van der Waals surface area contributed by atoms with Crippen LogP contribution in [0.5, 0.6) is 0 Å². The fraction of sp³-hybridized carbons (Fsp3) is 0.120. The summed E-state index contributed by atoms with van der Waals surface area (Å²) in [4.78, 5) is 53.9. The number of H-pyrrole nitrogens is 1. The first kappa shape index (κ1) is 23.5. The normalized spacial score (nSPS) is 14.6. The molecular weight excluding hydrogens is 474 g/mol. The van der Waals surface area contributed by atoms with E-state index in [0.29, 0.717) is 15.6 Å². The molecule has 0 atom stereocenters. The zero-order valence-corrected chi connectivity index (χ0v) is 19.7. The third kappa shape index (κ3) is 5.30. The molecule has 0 aliphatic carbocycles. The van der Waals surface area contributed by atoms with Gasteiger partial charge in [0.25, 0.3) is 22.6 Å². The second kappa shape index (κ2) is 10.1. The largest absolute Gasteiger partial charge is 0.350 e. The SMILES string of the molecule is Cc1cccc(-c2ccc(C(=O)NCCN3C(=O)S/C(=C/c4ccc(Cl)cc4)C3=O)c(=O)[nH]2)c1. The lowest BCUT2D eigenvalue weighted by molar-refractivity contribution is -0.122. The van der Waals surface area contributed by atoms with Crippen molar-refractivity contribution in [3.05, 3.63) is 97.6 Å². The first-order chi connectivity index (χ1) is 16.3. The highest BCUT2D eigenvalue weighted by molar-refractivity contribution is 8.18. The van der Waals surface area contributed by atoms with Gasteiger partial charge in [-0.1, -0.05) is 47.5 Å². The van der Waals surface area contributed by atoms with Crippen LogP contribution >= 0.6 is 23.4 Å². The molecule has 1 aliphatic heterocycles. The van der Waals surface area contributed by atoms with Crippen molar-refractivity contribution in [2.24, 2.45) is 0 Å². The molecule has 34 heavy (non-hydrogen) atoms. The van der Waals surface area contributed by atoms with E-state index in [1.165, 1.54) is 6.07 Å². The van der Waals surface area contributed by atoms with E-state index in [1.54, 1.807) is 36.4 Å². The molecule has 1 aliphatic rings. The van der Waals surface area contributed by atoms with Crippen molar-refractivity contribution in [1.82, 2.24) is 15.2 Å². The summed E-state index contributed by atoms with van der Waals surface area (Å²) in [7, 11) is 0. The maximum Gasteiger partial charge on any atom is 0.293 e. The summed E-state index contributed by atoms with van der Waals surface area (Å²) in [5.74, 6) is -1.01. The molecule has 0 radical (unpaired) electrons. The van der Waals surface area contributed by atoms with E-state index in [-0.39, 0.29) is 18.7 Å². The van der Waals surface area contributed by atoms with Gasteiger partial charge in [0, 0.05) is 23.8 Å². The molecule has 2 N–H and O–H groups in total. The van der Waals surface area contributed by atoms with Crippen molar-refractivity contribution in [2.45, 2.75) is 6.92 Å². The highest BCUT2D eigenvalue weighted by Gasteiger charge is 2.34. The Kier molecular flexibility index (Phi) is 7.00. The third-order valence-electron chi connectivity index (χ3n) is 5.15. The number of pyridine rings is 1. The van der Waals surface area contributed by atoms with Gasteiger partial charge < -0.3 is 10.3 Å². The smallest absolute Gasteiger partial charge is 0.293 e. The lowest BCUT2D eigenvalue weighted by atomic mass is 10.1. The molecule has 3 aromatic rings. The third-order valence-corrected chi connectivity index (χ3v) is 6.30. The van der Waals surface area contributed by atoms with Crippen LogP contribution in [0.3, 0.4) is 0 Å². The number of carbonyl (C=O) groups is 3. The van der Waals surface area contributed by atoms with Crippen molar-refractivity contribution in [3.8, 4) is 11.3 Å². The molecule has 0 bridgehead atoms. The molecule has 172 valence electrons. The minimum atomic E-state index is -0.583. The second-order valence-corrected chi connectivity index (χ2v) is 9.05. The van der Waals surface area contributed by atoms with Gasteiger partial charge in [-0.25, -0.2) is 0 Å². The number of nitrogens with one attached hydrogen (secondary N) is 2. The summed E-state index contributed by atoms with van der Waals surface area (Å²) in [6.45, 7) is 1.96. The number of hydrogen-bond acceptors (Lipinski definition) is 5. The van der Waals surface area contributed by atoms with Crippen LogP contribution in [-0.4, -0.2) is 40.0 Å². The van der Waals surface area contributed by atoms with Gasteiger partial charge in [0.1, 0.15) is 5.56 Å². The number of nitrogens with zero attached hydrogens (tertiary/aromatic N) is 1. The minimum Gasteiger partial charge on any atom is -0.350 e. The van der Waals surface area contributed by atoms with Crippen LogP contribution in [-0.2, 0) is 4.79 Å². The van der Waals surface area contributed by atoms with Crippen molar-refractivity contribution < 1.29 is 14.4 Å². The average molecular weight is 494 g/mol. The lowest BCUT2D eigenvalue weighted by Gasteiger charge is -2.13.